The molecule has 1 unspecified atom stereocenters. The molecule has 200 valence electrons. The summed E-state index contributed by atoms with van der Waals surface area (Å²) in [6, 6.07) is 28.0. The van der Waals surface area contributed by atoms with Gasteiger partial charge in [0.15, 0.2) is 0 Å². The first-order chi connectivity index (χ1) is 19.4. The average molecular weight is 625 g/mol. The maximum atomic E-state index is 13.6. The van der Waals surface area contributed by atoms with Crippen LogP contribution in [0, 0.1) is 0 Å². The number of nitrogens with zero attached hydrogens (tertiary/aromatic N) is 2. The van der Waals surface area contributed by atoms with Gasteiger partial charge in [-0.1, -0.05) is 94.7 Å². The number of para-hydroxylation sites is 1. The summed E-state index contributed by atoms with van der Waals surface area (Å²) in [5.74, 6) is -0.639. The Morgan fingerprint density at radius 1 is 0.825 bits per heavy atom. The van der Waals surface area contributed by atoms with Gasteiger partial charge in [0.2, 0.25) is 0 Å². The fourth-order valence-electron chi connectivity index (χ4n) is 4.49. The smallest absolute Gasteiger partial charge is 0.280 e. The molecule has 4 aromatic carbocycles. The molecule has 0 aromatic heterocycles. The molecule has 2 heterocycles. The van der Waals surface area contributed by atoms with Gasteiger partial charge < -0.3 is 4.90 Å². The largest absolute Gasteiger partial charge is 0.330 e. The lowest BCUT2D eigenvalue weighted by atomic mass is 10.2. The van der Waals surface area contributed by atoms with Gasteiger partial charge in [-0.25, -0.2) is 5.01 Å². The van der Waals surface area contributed by atoms with Crippen molar-refractivity contribution in [2.75, 3.05) is 11.4 Å². The molecule has 2 aliphatic rings. The van der Waals surface area contributed by atoms with Gasteiger partial charge in [-0.15, -0.1) is 0 Å². The highest BCUT2D eigenvalue weighted by atomic mass is 35.5. The average Bonchev–Trinajstić information content (AvgIpc) is 3.24. The summed E-state index contributed by atoms with van der Waals surface area (Å²) in [6.45, 7) is -0.0110. The number of amides is 2. The molecule has 6 rings (SSSR count). The van der Waals surface area contributed by atoms with Crippen molar-refractivity contribution in [1.29, 1.82) is 0 Å². The molecule has 1 saturated heterocycles. The Labute approximate surface area is 255 Å². The summed E-state index contributed by atoms with van der Waals surface area (Å²) < 4.78 is 0. The van der Waals surface area contributed by atoms with Crippen LogP contribution in [-0.4, -0.2) is 23.4 Å². The summed E-state index contributed by atoms with van der Waals surface area (Å²) in [5.41, 5.74) is 6.29. The number of carbonyl (C=O) groups excluding carboxylic acids is 2. The Morgan fingerprint density at radius 2 is 1.48 bits per heavy atom. The Morgan fingerprint density at radius 3 is 2.23 bits per heavy atom. The number of carbonyl (C=O) groups is 2. The van der Waals surface area contributed by atoms with E-state index in [2.05, 4.69) is 5.43 Å². The summed E-state index contributed by atoms with van der Waals surface area (Å²) in [4.78, 5) is 31.7. The quantitative estimate of drug-likeness (QED) is 0.225. The zero-order valence-electron chi connectivity index (χ0n) is 20.7. The van der Waals surface area contributed by atoms with Crippen LogP contribution in [0.15, 0.2) is 106 Å². The molecule has 2 amide bonds. The first-order valence-corrected chi connectivity index (χ1v) is 15.0. The maximum absolute atomic E-state index is 13.6. The van der Waals surface area contributed by atoms with E-state index in [1.165, 1.54) is 16.8 Å². The van der Waals surface area contributed by atoms with E-state index in [9.17, 15) is 9.59 Å². The van der Waals surface area contributed by atoms with Gasteiger partial charge in [0, 0.05) is 24.9 Å². The molecule has 40 heavy (non-hydrogen) atoms. The number of hydrogen-bond acceptors (Lipinski definition) is 5. The van der Waals surface area contributed by atoms with Gasteiger partial charge in [-0.3, -0.25) is 15.0 Å². The molecular weight excluding hydrogens is 605 g/mol. The highest BCUT2D eigenvalue weighted by Gasteiger charge is 2.39. The predicted molar refractivity (Wildman–Crippen MR) is 165 cm³/mol. The number of benzene rings is 4. The fraction of sp³-hybridized carbons (Fsp3) is 0.0667. The van der Waals surface area contributed by atoms with Gasteiger partial charge in [0.25, 0.3) is 11.8 Å². The number of fused-ring (bicyclic) bond motifs is 2. The number of hydrazine groups is 1. The van der Waals surface area contributed by atoms with E-state index in [4.69, 9.17) is 34.8 Å². The van der Waals surface area contributed by atoms with Crippen molar-refractivity contribution in [3.05, 3.63) is 122 Å². The number of nitrogens with one attached hydrogen (secondary N) is 1. The summed E-state index contributed by atoms with van der Waals surface area (Å²) in [7, 11) is 0. The normalized spacial score (nSPS) is 17.1. The summed E-state index contributed by atoms with van der Waals surface area (Å²) in [6.07, 6.45) is 1.80. The van der Waals surface area contributed by atoms with E-state index >= 15 is 0 Å². The number of hydrogen-bond donors (Lipinski definition) is 1. The van der Waals surface area contributed by atoms with Crippen LogP contribution in [0.2, 0.25) is 15.1 Å². The van der Waals surface area contributed by atoms with Crippen molar-refractivity contribution in [2.24, 2.45) is 0 Å². The number of anilines is 2. The second kappa shape index (κ2) is 11.4. The van der Waals surface area contributed by atoms with Gasteiger partial charge >= 0.3 is 0 Å². The van der Waals surface area contributed by atoms with Crippen LogP contribution >= 0.6 is 58.3 Å². The van der Waals surface area contributed by atoms with E-state index in [1.54, 1.807) is 42.1 Å². The summed E-state index contributed by atoms with van der Waals surface area (Å²) >= 11 is 21.5. The molecular formula is C30H20Cl3N3O2S2. The molecule has 0 aliphatic carbocycles. The fourth-order valence-corrected chi connectivity index (χ4v) is 7.18. The van der Waals surface area contributed by atoms with Crippen molar-refractivity contribution < 1.29 is 9.59 Å². The Bertz CT molecular complexity index is 1650. The third-order valence-corrected chi connectivity index (χ3v) is 9.48. The van der Waals surface area contributed by atoms with Gasteiger partial charge in [0.1, 0.15) is 11.9 Å². The second-order valence-electron chi connectivity index (χ2n) is 9.06. The van der Waals surface area contributed by atoms with Crippen molar-refractivity contribution >= 4 is 87.6 Å². The zero-order chi connectivity index (χ0) is 27.8. The van der Waals surface area contributed by atoms with Crippen LogP contribution in [-0.2, 0) is 9.59 Å². The molecule has 4 aromatic rings. The van der Waals surface area contributed by atoms with E-state index in [1.807, 2.05) is 71.6 Å². The number of thioether (sulfide) groups is 1. The van der Waals surface area contributed by atoms with Crippen LogP contribution in [0.5, 0.6) is 0 Å². The van der Waals surface area contributed by atoms with Crippen LogP contribution < -0.4 is 10.3 Å². The minimum atomic E-state index is -0.474. The molecule has 0 spiro atoms. The lowest BCUT2D eigenvalue weighted by Gasteiger charge is -2.33. The lowest BCUT2D eigenvalue weighted by Crippen LogP contribution is -2.47. The third-order valence-electron chi connectivity index (χ3n) is 6.36. The summed E-state index contributed by atoms with van der Waals surface area (Å²) in [5, 5.41) is 2.69. The highest BCUT2D eigenvalue weighted by molar-refractivity contribution is 8.04. The van der Waals surface area contributed by atoms with E-state index in [0.717, 1.165) is 32.3 Å². The van der Waals surface area contributed by atoms with Crippen LogP contribution in [0.25, 0.3) is 6.08 Å². The standard InChI is InChI=1S/C30H20Cl3N3O2S2/c31-20-9-5-18(6-10-20)15-27-29(38)36(30(40-27)19-7-11-21(32)12-8-19)34-28(37)17-35-23-3-1-2-4-25(23)39-26-14-13-22(33)16-24(26)35/h1-16,30H,17H2,(H,34,37)/b27-15-. The molecule has 1 atom stereocenters. The molecule has 1 N–H and O–H groups in total. The van der Waals surface area contributed by atoms with Crippen LogP contribution in [0.4, 0.5) is 11.4 Å². The molecule has 0 saturated carbocycles. The SMILES string of the molecule is O=C(CN1c2ccccc2Sc2ccc(Cl)cc21)NN1C(=O)/C(=C/c2ccc(Cl)cc2)SC1c1ccc(Cl)cc1. The van der Waals surface area contributed by atoms with Crippen molar-refractivity contribution in [3.8, 4) is 0 Å². The Hall–Kier alpha value is -3.07. The highest BCUT2D eigenvalue weighted by Crippen LogP contribution is 2.49. The van der Waals surface area contributed by atoms with Gasteiger partial charge in [-0.2, -0.15) is 0 Å². The second-order valence-corrected chi connectivity index (χ2v) is 12.6. The predicted octanol–water partition coefficient (Wildman–Crippen LogP) is 8.60. The zero-order valence-corrected chi connectivity index (χ0v) is 24.6. The molecule has 10 heteroatoms. The molecule has 2 aliphatic heterocycles. The molecule has 0 bridgehead atoms. The van der Waals surface area contributed by atoms with Gasteiger partial charge in [0.05, 0.1) is 16.3 Å². The van der Waals surface area contributed by atoms with Crippen LogP contribution in [0.3, 0.4) is 0 Å². The number of halogens is 3. The van der Waals surface area contributed by atoms with E-state index < -0.39 is 5.37 Å². The molecule has 5 nitrogen and oxygen atoms in total. The molecule has 1 fully saturated rings. The topological polar surface area (TPSA) is 52.7 Å². The van der Waals surface area contributed by atoms with Gasteiger partial charge in [-0.05, 0) is 71.8 Å². The van der Waals surface area contributed by atoms with Crippen molar-refractivity contribution in [1.82, 2.24) is 10.4 Å². The number of rotatable bonds is 5. The maximum Gasteiger partial charge on any atom is 0.280 e. The van der Waals surface area contributed by atoms with Crippen LogP contribution in [0.1, 0.15) is 16.5 Å². The Kier molecular flexibility index (Phi) is 7.75. The van der Waals surface area contributed by atoms with E-state index in [0.29, 0.717) is 20.0 Å². The first kappa shape index (κ1) is 27.1. The van der Waals surface area contributed by atoms with Crippen molar-refractivity contribution in [3.63, 3.8) is 0 Å². The third kappa shape index (κ3) is 5.57. The minimum Gasteiger partial charge on any atom is -0.330 e. The van der Waals surface area contributed by atoms with E-state index in [-0.39, 0.29) is 18.4 Å². The monoisotopic (exact) mass is 623 g/mol. The first-order valence-electron chi connectivity index (χ1n) is 12.2. The molecule has 0 radical (unpaired) electrons. The minimum absolute atomic E-state index is 0.0110. The lowest BCUT2D eigenvalue weighted by molar-refractivity contribution is -0.137. The van der Waals surface area contributed by atoms with Crippen molar-refractivity contribution in [2.45, 2.75) is 15.2 Å². The Balaban J connectivity index is 1.30.